The number of amides is 1. The zero-order chi connectivity index (χ0) is 18.4. The van der Waals surface area contributed by atoms with Crippen LogP contribution in [-0.4, -0.2) is 28.6 Å². The number of thiophene rings is 1. The molecule has 9 heteroatoms. The fraction of sp³-hybridized carbons (Fsp3) is 0.176. The number of nitrogens with zero attached hydrogens (tertiary/aromatic N) is 2. The second-order valence-electron chi connectivity index (χ2n) is 5.16. The van der Waals surface area contributed by atoms with E-state index in [1.807, 2.05) is 17.5 Å². The zero-order valence-corrected chi connectivity index (χ0v) is 15.0. The Balaban J connectivity index is 1.39. The van der Waals surface area contributed by atoms with Crippen molar-refractivity contribution in [2.75, 3.05) is 6.54 Å². The Morgan fingerprint density at radius 1 is 1.23 bits per heavy atom. The highest BCUT2D eigenvalue weighted by atomic mass is 35.5. The summed E-state index contributed by atoms with van der Waals surface area (Å²) in [6.45, 7) is 0.0485. The number of rotatable bonds is 7. The molecular formula is C17H14ClN3O4S. The molecule has 0 radical (unpaired) electrons. The van der Waals surface area contributed by atoms with E-state index in [2.05, 4.69) is 15.5 Å². The van der Waals surface area contributed by atoms with E-state index in [0.29, 0.717) is 16.4 Å². The van der Waals surface area contributed by atoms with E-state index in [-0.39, 0.29) is 31.4 Å². The molecule has 0 unspecified atom stereocenters. The molecule has 0 spiro atoms. The first-order valence-electron chi connectivity index (χ1n) is 7.67. The largest absolute Gasteiger partial charge is 0.456 e. The van der Waals surface area contributed by atoms with Gasteiger partial charge in [-0.25, -0.2) is 0 Å². The predicted octanol–water partition coefficient (Wildman–Crippen LogP) is 3.31. The molecule has 0 atom stereocenters. The molecule has 2 heterocycles. The van der Waals surface area contributed by atoms with Gasteiger partial charge in [-0.3, -0.25) is 9.59 Å². The molecule has 3 rings (SSSR count). The van der Waals surface area contributed by atoms with Crippen LogP contribution in [0.3, 0.4) is 0 Å². The lowest BCUT2D eigenvalue weighted by atomic mass is 10.2. The van der Waals surface area contributed by atoms with Gasteiger partial charge in [0.25, 0.3) is 11.8 Å². The van der Waals surface area contributed by atoms with Crippen molar-refractivity contribution in [1.29, 1.82) is 0 Å². The molecule has 2 aromatic heterocycles. The van der Waals surface area contributed by atoms with Gasteiger partial charge in [0.05, 0.1) is 11.3 Å². The smallest absolute Gasteiger partial charge is 0.308 e. The van der Waals surface area contributed by atoms with Crippen LogP contribution in [0.5, 0.6) is 0 Å². The number of benzene rings is 1. The summed E-state index contributed by atoms with van der Waals surface area (Å²) < 4.78 is 10.1. The molecule has 1 aromatic carbocycles. The fourth-order valence-corrected chi connectivity index (χ4v) is 2.79. The van der Waals surface area contributed by atoms with E-state index < -0.39 is 5.97 Å². The monoisotopic (exact) mass is 391 g/mol. The van der Waals surface area contributed by atoms with Crippen LogP contribution in [0.25, 0.3) is 10.7 Å². The molecule has 0 aliphatic carbocycles. The third-order valence-corrected chi connectivity index (χ3v) is 4.41. The first-order valence-corrected chi connectivity index (χ1v) is 8.93. The number of ether oxygens (including phenoxy) is 1. The van der Waals surface area contributed by atoms with Crippen LogP contribution in [0.4, 0.5) is 0 Å². The Morgan fingerprint density at radius 3 is 2.77 bits per heavy atom. The summed E-state index contributed by atoms with van der Waals surface area (Å²) in [5.41, 5.74) is 0.467. The van der Waals surface area contributed by atoms with Crippen LogP contribution in [0, 0.1) is 0 Å². The fourth-order valence-electron chi connectivity index (χ4n) is 2.02. The number of aromatic nitrogens is 2. The van der Waals surface area contributed by atoms with Crippen molar-refractivity contribution in [1.82, 2.24) is 15.5 Å². The zero-order valence-electron chi connectivity index (χ0n) is 13.5. The maximum absolute atomic E-state index is 11.9. The Hall–Kier alpha value is -2.71. The summed E-state index contributed by atoms with van der Waals surface area (Å²) in [5.74, 6) is -0.0857. The molecule has 0 aliphatic heterocycles. The minimum absolute atomic E-state index is 0.0330. The molecule has 0 aliphatic rings. The van der Waals surface area contributed by atoms with Gasteiger partial charge < -0.3 is 14.6 Å². The number of hydrogen-bond acceptors (Lipinski definition) is 7. The molecule has 0 bridgehead atoms. The third-order valence-electron chi connectivity index (χ3n) is 3.29. The SMILES string of the molecule is O=C(CCNC(=O)c1ccc(Cl)cc1)OCc1nc(-c2cccs2)no1. The van der Waals surface area contributed by atoms with E-state index in [1.54, 1.807) is 24.3 Å². The second kappa shape index (κ2) is 8.59. The number of halogens is 1. The number of hydrogen-bond donors (Lipinski definition) is 1. The average molecular weight is 392 g/mol. The quantitative estimate of drug-likeness (QED) is 0.621. The van der Waals surface area contributed by atoms with E-state index in [9.17, 15) is 9.59 Å². The number of carbonyl (C=O) groups is 2. The van der Waals surface area contributed by atoms with Crippen LogP contribution in [-0.2, 0) is 16.1 Å². The molecule has 134 valence electrons. The van der Waals surface area contributed by atoms with Crippen molar-refractivity contribution in [2.45, 2.75) is 13.0 Å². The second-order valence-corrected chi connectivity index (χ2v) is 6.55. The van der Waals surface area contributed by atoms with Crippen molar-refractivity contribution >= 4 is 34.8 Å². The van der Waals surface area contributed by atoms with E-state index >= 15 is 0 Å². The Morgan fingerprint density at radius 2 is 2.04 bits per heavy atom. The minimum Gasteiger partial charge on any atom is -0.456 e. The van der Waals surface area contributed by atoms with Gasteiger partial charge in [-0.1, -0.05) is 22.8 Å². The van der Waals surface area contributed by atoms with Gasteiger partial charge >= 0.3 is 5.97 Å². The summed E-state index contributed by atoms with van der Waals surface area (Å²) in [5, 5.41) is 8.92. The summed E-state index contributed by atoms with van der Waals surface area (Å²) in [7, 11) is 0. The van der Waals surface area contributed by atoms with Crippen molar-refractivity contribution in [3.05, 3.63) is 58.3 Å². The molecular weight excluding hydrogens is 378 g/mol. The number of carbonyl (C=O) groups excluding carboxylic acids is 2. The van der Waals surface area contributed by atoms with Crippen LogP contribution >= 0.6 is 22.9 Å². The first kappa shape index (κ1) is 18.1. The highest BCUT2D eigenvalue weighted by Crippen LogP contribution is 2.21. The number of nitrogens with one attached hydrogen (secondary N) is 1. The van der Waals surface area contributed by atoms with E-state index in [1.165, 1.54) is 11.3 Å². The molecule has 1 N–H and O–H groups in total. The maximum atomic E-state index is 11.9. The van der Waals surface area contributed by atoms with Crippen LogP contribution in [0.2, 0.25) is 5.02 Å². The van der Waals surface area contributed by atoms with Gasteiger partial charge in [0, 0.05) is 17.1 Å². The lowest BCUT2D eigenvalue weighted by molar-refractivity contribution is -0.145. The molecule has 0 saturated carbocycles. The Labute approximate surface area is 157 Å². The molecule has 7 nitrogen and oxygen atoms in total. The molecule has 3 aromatic rings. The molecule has 0 fully saturated rings. The highest BCUT2D eigenvalue weighted by Gasteiger charge is 2.12. The average Bonchev–Trinajstić information content (AvgIpc) is 3.32. The van der Waals surface area contributed by atoms with E-state index in [4.69, 9.17) is 20.9 Å². The normalized spacial score (nSPS) is 10.5. The van der Waals surface area contributed by atoms with Crippen LogP contribution in [0.15, 0.2) is 46.3 Å². The van der Waals surface area contributed by atoms with Gasteiger partial charge in [0.15, 0.2) is 6.61 Å². The minimum atomic E-state index is -0.475. The standard InChI is InChI=1S/C17H14ClN3O4S/c18-12-5-3-11(4-6-12)17(23)19-8-7-15(22)24-10-14-20-16(21-25-14)13-2-1-9-26-13/h1-6,9H,7-8,10H2,(H,19,23). The maximum Gasteiger partial charge on any atom is 0.308 e. The van der Waals surface area contributed by atoms with Crippen molar-refractivity contribution < 1.29 is 18.8 Å². The van der Waals surface area contributed by atoms with E-state index in [0.717, 1.165) is 4.88 Å². The van der Waals surface area contributed by atoms with Crippen LogP contribution in [0.1, 0.15) is 22.7 Å². The summed E-state index contributed by atoms with van der Waals surface area (Å²) >= 11 is 7.25. The molecule has 26 heavy (non-hydrogen) atoms. The summed E-state index contributed by atoms with van der Waals surface area (Å²) in [6.07, 6.45) is 0.0330. The van der Waals surface area contributed by atoms with Gasteiger partial charge in [-0.2, -0.15) is 4.98 Å². The summed E-state index contributed by atoms with van der Waals surface area (Å²) in [4.78, 5) is 28.7. The predicted molar refractivity (Wildman–Crippen MR) is 95.8 cm³/mol. The summed E-state index contributed by atoms with van der Waals surface area (Å²) in [6, 6.07) is 10.2. The molecule has 0 saturated heterocycles. The topological polar surface area (TPSA) is 94.3 Å². The Kier molecular flexibility index (Phi) is 5.98. The molecule has 1 amide bonds. The van der Waals surface area contributed by atoms with Crippen molar-refractivity contribution in [3.8, 4) is 10.7 Å². The van der Waals surface area contributed by atoms with Crippen LogP contribution < -0.4 is 5.32 Å². The van der Waals surface area contributed by atoms with Gasteiger partial charge in [0.1, 0.15) is 0 Å². The lowest BCUT2D eigenvalue weighted by Gasteiger charge is -2.05. The van der Waals surface area contributed by atoms with Gasteiger partial charge in [-0.05, 0) is 35.7 Å². The highest BCUT2D eigenvalue weighted by molar-refractivity contribution is 7.13. The van der Waals surface area contributed by atoms with Crippen molar-refractivity contribution in [2.24, 2.45) is 0 Å². The van der Waals surface area contributed by atoms with Crippen molar-refractivity contribution in [3.63, 3.8) is 0 Å². The first-order chi connectivity index (χ1) is 12.6. The van der Waals surface area contributed by atoms with Gasteiger partial charge in [0.2, 0.25) is 5.82 Å². The lowest BCUT2D eigenvalue weighted by Crippen LogP contribution is -2.26. The number of esters is 1. The van der Waals surface area contributed by atoms with Gasteiger partial charge in [-0.15, -0.1) is 11.3 Å². The Bertz CT molecular complexity index is 878. The third kappa shape index (κ3) is 4.90.